The van der Waals surface area contributed by atoms with Crippen molar-refractivity contribution in [1.82, 2.24) is 4.98 Å². The van der Waals surface area contributed by atoms with E-state index in [9.17, 15) is 9.18 Å². The Kier molecular flexibility index (Phi) is 4.69. The summed E-state index contributed by atoms with van der Waals surface area (Å²) in [4.78, 5) is 16.1. The van der Waals surface area contributed by atoms with Gasteiger partial charge in [0.25, 0.3) is 5.91 Å². The lowest BCUT2D eigenvalue weighted by molar-refractivity contribution is 0.102. The van der Waals surface area contributed by atoms with Crippen molar-refractivity contribution in [2.45, 2.75) is 20.0 Å². The van der Waals surface area contributed by atoms with Gasteiger partial charge in [0, 0.05) is 11.9 Å². The number of carbonyl (C=O) groups is 1. The van der Waals surface area contributed by atoms with Gasteiger partial charge in [0.1, 0.15) is 17.6 Å². The van der Waals surface area contributed by atoms with E-state index in [1.54, 1.807) is 12.1 Å². The van der Waals surface area contributed by atoms with E-state index in [1.807, 2.05) is 13.8 Å². The highest BCUT2D eigenvalue weighted by atomic mass is 19.1. The second-order valence-corrected chi connectivity index (χ2v) is 4.84. The number of carbonyl (C=O) groups excluding carboxylic acids is 1. The third-order valence-electron chi connectivity index (χ3n) is 2.69. The number of halogens is 1. The number of anilines is 1. The summed E-state index contributed by atoms with van der Waals surface area (Å²) >= 11 is 0. The van der Waals surface area contributed by atoms with Crippen molar-refractivity contribution in [2.75, 3.05) is 5.32 Å². The fourth-order valence-electron chi connectivity index (χ4n) is 1.77. The molecule has 1 amide bonds. The molecule has 1 aromatic carbocycles. The van der Waals surface area contributed by atoms with Crippen LogP contribution in [0.2, 0.25) is 0 Å². The number of hydrogen-bond donors (Lipinski definition) is 1. The van der Waals surface area contributed by atoms with Gasteiger partial charge < -0.3 is 10.1 Å². The van der Waals surface area contributed by atoms with Gasteiger partial charge in [0.15, 0.2) is 0 Å². The topological polar surface area (TPSA) is 75.0 Å². The monoisotopic (exact) mass is 299 g/mol. The van der Waals surface area contributed by atoms with Crippen LogP contribution in [0.15, 0.2) is 36.7 Å². The smallest absolute Gasteiger partial charge is 0.257 e. The number of nitrogens with zero attached hydrogens (tertiary/aromatic N) is 2. The van der Waals surface area contributed by atoms with E-state index >= 15 is 0 Å². The lowest BCUT2D eigenvalue weighted by Crippen LogP contribution is -2.13. The Bertz CT molecular complexity index is 738. The third-order valence-corrected chi connectivity index (χ3v) is 2.69. The van der Waals surface area contributed by atoms with Crippen LogP contribution in [0.4, 0.5) is 10.1 Å². The SMILES string of the molecule is CC(C)Oc1cncc(C(=O)Nc2ccc(F)c(C#N)c2)c1. The molecule has 1 aromatic heterocycles. The van der Waals surface area contributed by atoms with Gasteiger partial charge in [-0.2, -0.15) is 5.26 Å². The summed E-state index contributed by atoms with van der Waals surface area (Å²) in [6.45, 7) is 3.74. The first kappa shape index (κ1) is 15.4. The Labute approximate surface area is 127 Å². The molecule has 2 aromatic rings. The summed E-state index contributed by atoms with van der Waals surface area (Å²) < 4.78 is 18.7. The molecule has 0 aliphatic heterocycles. The minimum atomic E-state index is -0.630. The van der Waals surface area contributed by atoms with Crippen LogP contribution in [0, 0.1) is 17.1 Å². The number of nitriles is 1. The van der Waals surface area contributed by atoms with E-state index in [0.29, 0.717) is 17.0 Å². The minimum Gasteiger partial charge on any atom is -0.489 e. The maximum atomic E-state index is 13.2. The average Bonchev–Trinajstić information content (AvgIpc) is 2.48. The molecule has 0 fully saturated rings. The molecule has 2 rings (SSSR count). The molecule has 6 heteroatoms. The van der Waals surface area contributed by atoms with Gasteiger partial charge in [0.05, 0.1) is 23.4 Å². The molecule has 0 unspecified atom stereocenters. The van der Waals surface area contributed by atoms with Gasteiger partial charge in [-0.25, -0.2) is 4.39 Å². The molecule has 1 N–H and O–H groups in total. The lowest BCUT2D eigenvalue weighted by Gasteiger charge is -2.10. The van der Waals surface area contributed by atoms with Crippen molar-refractivity contribution in [3.05, 3.63) is 53.6 Å². The molecule has 0 spiro atoms. The largest absolute Gasteiger partial charge is 0.489 e. The Hall–Kier alpha value is -2.94. The molecule has 22 heavy (non-hydrogen) atoms. The summed E-state index contributed by atoms with van der Waals surface area (Å²) in [7, 11) is 0. The Morgan fingerprint density at radius 3 is 2.82 bits per heavy atom. The number of aromatic nitrogens is 1. The number of nitrogens with one attached hydrogen (secondary N) is 1. The molecular weight excluding hydrogens is 285 g/mol. The quantitative estimate of drug-likeness (QED) is 0.941. The molecule has 1 heterocycles. The minimum absolute atomic E-state index is 0.0320. The van der Waals surface area contributed by atoms with Crippen LogP contribution in [-0.4, -0.2) is 17.0 Å². The van der Waals surface area contributed by atoms with E-state index in [0.717, 1.165) is 6.07 Å². The highest BCUT2D eigenvalue weighted by Gasteiger charge is 2.10. The number of hydrogen-bond acceptors (Lipinski definition) is 4. The van der Waals surface area contributed by atoms with Crippen molar-refractivity contribution in [2.24, 2.45) is 0 Å². The van der Waals surface area contributed by atoms with Crippen LogP contribution >= 0.6 is 0 Å². The highest BCUT2D eigenvalue weighted by molar-refractivity contribution is 6.04. The van der Waals surface area contributed by atoms with Gasteiger partial charge in [-0.15, -0.1) is 0 Å². The summed E-state index contributed by atoms with van der Waals surface area (Å²) in [5.74, 6) is -0.564. The normalized spacial score (nSPS) is 10.1. The second kappa shape index (κ2) is 6.68. The molecule has 0 bridgehead atoms. The van der Waals surface area contributed by atoms with Gasteiger partial charge in [-0.1, -0.05) is 0 Å². The van der Waals surface area contributed by atoms with Crippen LogP contribution in [0.1, 0.15) is 29.8 Å². The molecule has 0 radical (unpaired) electrons. The van der Waals surface area contributed by atoms with Crippen molar-refractivity contribution in [1.29, 1.82) is 5.26 Å². The van der Waals surface area contributed by atoms with Gasteiger partial charge in [0.2, 0.25) is 0 Å². The molecule has 0 saturated heterocycles. The summed E-state index contributed by atoms with van der Waals surface area (Å²) in [6.07, 6.45) is 2.88. The Morgan fingerprint density at radius 1 is 1.36 bits per heavy atom. The third kappa shape index (κ3) is 3.79. The summed E-state index contributed by atoms with van der Waals surface area (Å²) in [5, 5.41) is 11.4. The zero-order chi connectivity index (χ0) is 16.1. The van der Waals surface area contributed by atoms with Crippen molar-refractivity contribution in [3.63, 3.8) is 0 Å². The first-order valence-corrected chi connectivity index (χ1v) is 6.62. The Balaban J connectivity index is 2.17. The fourth-order valence-corrected chi connectivity index (χ4v) is 1.77. The van der Waals surface area contributed by atoms with E-state index in [4.69, 9.17) is 10.00 Å². The van der Waals surface area contributed by atoms with Crippen molar-refractivity contribution >= 4 is 11.6 Å². The van der Waals surface area contributed by atoms with Crippen molar-refractivity contribution in [3.8, 4) is 11.8 Å². The first-order valence-electron chi connectivity index (χ1n) is 6.62. The average molecular weight is 299 g/mol. The van der Waals surface area contributed by atoms with Gasteiger partial charge >= 0.3 is 0 Å². The van der Waals surface area contributed by atoms with Crippen molar-refractivity contribution < 1.29 is 13.9 Å². The molecule has 0 atom stereocenters. The van der Waals surface area contributed by atoms with E-state index in [1.165, 1.54) is 24.5 Å². The number of pyridine rings is 1. The van der Waals surface area contributed by atoms with Crippen LogP contribution < -0.4 is 10.1 Å². The number of ether oxygens (including phenoxy) is 1. The number of rotatable bonds is 4. The van der Waals surface area contributed by atoms with E-state index < -0.39 is 11.7 Å². The van der Waals surface area contributed by atoms with Gasteiger partial charge in [-0.3, -0.25) is 9.78 Å². The summed E-state index contributed by atoms with van der Waals surface area (Å²) in [5.41, 5.74) is 0.506. The molecular formula is C16H14FN3O2. The molecule has 0 aliphatic carbocycles. The molecule has 0 aliphatic rings. The molecule has 0 saturated carbocycles. The van der Waals surface area contributed by atoms with Crippen LogP contribution in [-0.2, 0) is 0 Å². The predicted molar refractivity (Wildman–Crippen MR) is 79.1 cm³/mol. The van der Waals surface area contributed by atoms with E-state index in [-0.39, 0.29) is 11.7 Å². The second-order valence-electron chi connectivity index (χ2n) is 4.84. The maximum absolute atomic E-state index is 13.2. The zero-order valence-corrected chi connectivity index (χ0v) is 12.1. The first-order chi connectivity index (χ1) is 10.5. The molecule has 5 nitrogen and oxygen atoms in total. The predicted octanol–water partition coefficient (Wildman–Crippen LogP) is 3.13. The number of amides is 1. The lowest BCUT2D eigenvalue weighted by atomic mass is 10.2. The standard InChI is InChI=1S/C16H14FN3O2/c1-10(2)22-14-6-12(8-19-9-14)16(21)20-13-3-4-15(17)11(5-13)7-18/h3-6,8-10H,1-2H3,(H,20,21). The number of benzene rings is 1. The zero-order valence-electron chi connectivity index (χ0n) is 12.1. The highest BCUT2D eigenvalue weighted by Crippen LogP contribution is 2.17. The van der Waals surface area contributed by atoms with Crippen LogP contribution in [0.5, 0.6) is 5.75 Å². The summed E-state index contributed by atoms with van der Waals surface area (Å²) in [6, 6.07) is 7.07. The maximum Gasteiger partial charge on any atom is 0.257 e. The van der Waals surface area contributed by atoms with Gasteiger partial charge in [-0.05, 0) is 38.1 Å². The molecule has 112 valence electrons. The fraction of sp³-hybridized carbons (Fsp3) is 0.188. The van der Waals surface area contributed by atoms with Crippen LogP contribution in [0.3, 0.4) is 0 Å². The van der Waals surface area contributed by atoms with Crippen LogP contribution in [0.25, 0.3) is 0 Å². The Morgan fingerprint density at radius 2 is 2.14 bits per heavy atom. The van der Waals surface area contributed by atoms with E-state index in [2.05, 4.69) is 10.3 Å².